The molecule has 0 aliphatic rings. The van der Waals surface area contributed by atoms with Crippen LogP contribution < -0.4 is 0 Å². The van der Waals surface area contributed by atoms with Gasteiger partial charge in [0.2, 0.25) is 0 Å². The lowest BCUT2D eigenvalue weighted by atomic mass is 10.2. The first-order valence-corrected chi connectivity index (χ1v) is 6.35. The maximum absolute atomic E-state index is 11.5. The summed E-state index contributed by atoms with van der Waals surface area (Å²) in [6.45, 7) is 0.759. The number of fused-ring (bicyclic) bond motifs is 1. The minimum atomic E-state index is -0.343. The molecule has 1 heterocycles. The van der Waals surface area contributed by atoms with Gasteiger partial charge >= 0.3 is 5.97 Å². The molecule has 3 rings (SSSR count). The van der Waals surface area contributed by atoms with Crippen molar-refractivity contribution in [2.24, 2.45) is 0 Å². The Morgan fingerprint density at radius 1 is 1.20 bits per heavy atom. The van der Waals surface area contributed by atoms with Crippen LogP contribution in [0, 0.1) is 0 Å². The summed E-state index contributed by atoms with van der Waals surface area (Å²) in [6, 6.07) is 15.6. The lowest BCUT2D eigenvalue weighted by molar-refractivity contribution is 0.0601. The number of aromatic nitrogens is 2. The van der Waals surface area contributed by atoms with Crippen LogP contribution in [0.5, 0.6) is 0 Å². The number of carbonyl (C=O) groups is 1. The SMILES string of the molecule is COC(=O)c1ccc2c(c1)ncn2Cc1ccccc1. The lowest BCUT2D eigenvalue weighted by Crippen LogP contribution is -2.01. The number of benzene rings is 2. The molecule has 1 aromatic heterocycles. The smallest absolute Gasteiger partial charge is 0.337 e. The van der Waals surface area contributed by atoms with Crippen molar-refractivity contribution in [1.29, 1.82) is 0 Å². The fourth-order valence-corrected chi connectivity index (χ4v) is 2.21. The van der Waals surface area contributed by atoms with Crippen molar-refractivity contribution < 1.29 is 9.53 Å². The number of hydrogen-bond acceptors (Lipinski definition) is 3. The standard InChI is InChI=1S/C16H14N2O2/c1-20-16(19)13-7-8-15-14(9-13)17-11-18(15)10-12-5-3-2-4-6-12/h2-9,11H,10H2,1H3. The molecule has 20 heavy (non-hydrogen) atoms. The van der Waals surface area contributed by atoms with E-state index in [0.29, 0.717) is 5.56 Å². The van der Waals surface area contributed by atoms with Gasteiger partial charge in [-0.15, -0.1) is 0 Å². The van der Waals surface area contributed by atoms with E-state index in [1.807, 2.05) is 24.3 Å². The zero-order valence-electron chi connectivity index (χ0n) is 11.1. The Bertz CT molecular complexity index is 748. The summed E-state index contributed by atoms with van der Waals surface area (Å²) in [4.78, 5) is 15.8. The van der Waals surface area contributed by atoms with E-state index < -0.39 is 0 Å². The summed E-state index contributed by atoms with van der Waals surface area (Å²) < 4.78 is 6.78. The average Bonchev–Trinajstić information content (AvgIpc) is 2.90. The van der Waals surface area contributed by atoms with Crippen LogP contribution in [0.25, 0.3) is 11.0 Å². The second-order valence-corrected chi connectivity index (χ2v) is 4.55. The summed E-state index contributed by atoms with van der Waals surface area (Å²) >= 11 is 0. The van der Waals surface area contributed by atoms with Crippen LogP contribution in [0.2, 0.25) is 0 Å². The molecule has 0 atom stereocenters. The van der Waals surface area contributed by atoms with Gasteiger partial charge in [-0.05, 0) is 23.8 Å². The Kier molecular flexibility index (Phi) is 3.21. The van der Waals surface area contributed by atoms with Crippen molar-refractivity contribution in [2.75, 3.05) is 7.11 Å². The number of rotatable bonds is 3. The predicted molar refractivity (Wildman–Crippen MR) is 76.6 cm³/mol. The molecule has 0 aliphatic heterocycles. The Morgan fingerprint density at radius 2 is 2.00 bits per heavy atom. The normalized spacial score (nSPS) is 10.7. The van der Waals surface area contributed by atoms with E-state index in [4.69, 9.17) is 4.74 Å². The van der Waals surface area contributed by atoms with Gasteiger partial charge < -0.3 is 9.30 Å². The highest BCUT2D eigenvalue weighted by Gasteiger charge is 2.09. The van der Waals surface area contributed by atoms with Crippen LogP contribution in [0.3, 0.4) is 0 Å². The molecule has 4 nitrogen and oxygen atoms in total. The number of methoxy groups -OCH3 is 1. The van der Waals surface area contributed by atoms with E-state index in [-0.39, 0.29) is 5.97 Å². The van der Waals surface area contributed by atoms with Gasteiger partial charge in [-0.3, -0.25) is 0 Å². The molecule has 0 amide bonds. The second kappa shape index (κ2) is 5.17. The third-order valence-corrected chi connectivity index (χ3v) is 3.24. The Balaban J connectivity index is 1.96. The molecule has 0 aliphatic carbocycles. The van der Waals surface area contributed by atoms with Crippen LogP contribution in [-0.2, 0) is 11.3 Å². The first kappa shape index (κ1) is 12.4. The predicted octanol–water partition coefficient (Wildman–Crippen LogP) is 2.87. The molecule has 3 aromatic rings. The van der Waals surface area contributed by atoms with Crippen molar-refractivity contribution in [2.45, 2.75) is 6.54 Å². The molecule has 4 heteroatoms. The van der Waals surface area contributed by atoms with Crippen LogP contribution in [0.1, 0.15) is 15.9 Å². The zero-order valence-corrected chi connectivity index (χ0v) is 11.1. The highest BCUT2D eigenvalue weighted by Crippen LogP contribution is 2.17. The van der Waals surface area contributed by atoms with E-state index >= 15 is 0 Å². The number of imidazole rings is 1. The largest absolute Gasteiger partial charge is 0.465 e. The Labute approximate surface area is 116 Å². The van der Waals surface area contributed by atoms with Crippen LogP contribution in [-0.4, -0.2) is 22.6 Å². The van der Waals surface area contributed by atoms with Crippen molar-refractivity contribution in [3.05, 3.63) is 66.0 Å². The minimum absolute atomic E-state index is 0.343. The number of nitrogens with zero attached hydrogens (tertiary/aromatic N) is 2. The van der Waals surface area contributed by atoms with Gasteiger partial charge in [-0.1, -0.05) is 30.3 Å². The molecular formula is C16H14N2O2. The van der Waals surface area contributed by atoms with Gasteiger partial charge in [0.25, 0.3) is 0 Å². The zero-order chi connectivity index (χ0) is 13.9. The van der Waals surface area contributed by atoms with E-state index in [9.17, 15) is 4.79 Å². The summed E-state index contributed by atoms with van der Waals surface area (Å²) in [6.07, 6.45) is 1.79. The molecule has 2 aromatic carbocycles. The van der Waals surface area contributed by atoms with Gasteiger partial charge in [-0.2, -0.15) is 0 Å². The first-order valence-electron chi connectivity index (χ1n) is 6.35. The number of esters is 1. The summed E-state index contributed by atoms with van der Waals surface area (Å²) in [5, 5.41) is 0. The van der Waals surface area contributed by atoms with Gasteiger partial charge in [0.05, 0.1) is 30.0 Å². The number of carbonyl (C=O) groups excluding carboxylic acids is 1. The molecule has 0 saturated heterocycles. The third-order valence-electron chi connectivity index (χ3n) is 3.24. The van der Waals surface area contributed by atoms with Crippen LogP contribution in [0.4, 0.5) is 0 Å². The molecule has 0 unspecified atom stereocenters. The van der Waals surface area contributed by atoms with E-state index in [2.05, 4.69) is 21.7 Å². The summed E-state index contributed by atoms with van der Waals surface area (Å²) in [5.41, 5.74) is 3.53. The Hall–Kier alpha value is -2.62. The highest BCUT2D eigenvalue weighted by molar-refractivity contribution is 5.93. The molecule has 0 saturated carbocycles. The highest BCUT2D eigenvalue weighted by atomic mass is 16.5. The lowest BCUT2D eigenvalue weighted by Gasteiger charge is -2.05. The van der Waals surface area contributed by atoms with Crippen molar-refractivity contribution in [1.82, 2.24) is 9.55 Å². The van der Waals surface area contributed by atoms with Gasteiger partial charge in [0.15, 0.2) is 0 Å². The van der Waals surface area contributed by atoms with Crippen molar-refractivity contribution in [3.63, 3.8) is 0 Å². The molecule has 0 radical (unpaired) electrons. The molecule has 0 fully saturated rings. The van der Waals surface area contributed by atoms with Crippen molar-refractivity contribution in [3.8, 4) is 0 Å². The molecular weight excluding hydrogens is 252 g/mol. The van der Waals surface area contributed by atoms with Gasteiger partial charge in [-0.25, -0.2) is 9.78 Å². The Morgan fingerprint density at radius 3 is 2.75 bits per heavy atom. The maximum atomic E-state index is 11.5. The number of hydrogen-bond donors (Lipinski definition) is 0. The molecule has 0 spiro atoms. The van der Waals surface area contributed by atoms with E-state index in [1.165, 1.54) is 12.7 Å². The topological polar surface area (TPSA) is 44.1 Å². The van der Waals surface area contributed by atoms with Gasteiger partial charge in [0.1, 0.15) is 0 Å². The third kappa shape index (κ3) is 2.28. The summed E-state index contributed by atoms with van der Waals surface area (Å²) in [7, 11) is 1.38. The van der Waals surface area contributed by atoms with E-state index in [0.717, 1.165) is 17.6 Å². The first-order chi connectivity index (χ1) is 9.78. The van der Waals surface area contributed by atoms with Crippen LogP contribution in [0.15, 0.2) is 54.9 Å². The van der Waals surface area contributed by atoms with Crippen molar-refractivity contribution >= 4 is 17.0 Å². The monoisotopic (exact) mass is 266 g/mol. The molecule has 100 valence electrons. The minimum Gasteiger partial charge on any atom is -0.465 e. The number of ether oxygens (including phenoxy) is 1. The maximum Gasteiger partial charge on any atom is 0.337 e. The quantitative estimate of drug-likeness (QED) is 0.685. The summed E-state index contributed by atoms with van der Waals surface area (Å²) in [5.74, 6) is -0.343. The van der Waals surface area contributed by atoms with Gasteiger partial charge in [0, 0.05) is 6.54 Å². The fourth-order valence-electron chi connectivity index (χ4n) is 2.21. The molecule has 0 bridgehead atoms. The van der Waals surface area contributed by atoms with Crippen LogP contribution >= 0.6 is 0 Å². The average molecular weight is 266 g/mol. The molecule has 0 N–H and O–H groups in total. The fraction of sp³-hybridized carbons (Fsp3) is 0.125. The second-order valence-electron chi connectivity index (χ2n) is 4.55. The van der Waals surface area contributed by atoms with E-state index in [1.54, 1.807) is 18.5 Å².